The average Bonchev–Trinajstić information content (AvgIpc) is 2.04. The number of aromatic nitrogens is 2. The van der Waals surface area contributed by atoms with Gasteiger partial charge in [-0.25, -0.2) is 9.97 Å². The molecule has 0 aliphatic carbocycles. The molecule has 0 bridgehead atoms. The van der Waals surface area contributed by atoms with Crippen LogP contribution >= 0.6 is 0 Å². The molecule has 1 aromatic rings. The van der Waals surface area contributed by atoms with Crippen LogP contribution in [0.25, 0.3) is 0 Å². The van der Waals surface area contributed by atoms with Crippen molar-refractivity contribution in [2.75, 3.05) is 0 Å². The molecule has 0 aliphatic heterocycles. The minimum Gasteiger partial charge on any atom is -0.327 e. The van der Waals surface area contributed by atoms with E-state index in [2.05, 4.69) is 16.9 Å². The summed E-state index contributed by atoms with van der Waals surface area (Å²) < 4.78 is 0. The van der Waals surface area contributed by atoms with Crippen molar-refractivity contribution in [3.05, 3.63) is 23.8 Å². The first-order valence-corrected chi connectivity index (χ1v) is 4.26. The van der Waals surface area contributed by atoms with E-state index in [1.807, 2.05) is 13.0 Å². The summed E-state index contributed by atoms with van der Waals surface area (Å²) in [6.45, 7) is 4.03. The fourth-order valence-corrected chi connectivity index (χ4v) is 0.978. The summed E-state index contributed by atoms with van der Waals surface area (Å²) in [5.74, 6) is 0.851. The molecule has 1 heterocycles. The second-order valence-corrected chi connectivity index (χ2v) is 2.99. The van der Waals surface area contributed by atoms with E-state index in [1.54, 1.807) is 6.20 Å². The highest BCUT2D eigenvalue weighted by atomic mass is 14.9. The molecule has 0 radical (unpaired) electrons. The number of hydrogen-bond donors (Lipinski definition) is 1. The zero-order valence-electron chi connectivity index (χ0n) is 7.62. The lowest BCUT2D eigenvalue weighted by Crippen LogP contribution is -2.22. The molecule has 1 rings (SSSR count). The Morgan fingerprint density at radius 3 is 2.92 bits per heavy atom. The Hall–Kier alpha value is -0.960. The van der Waals surface area contributed by atoms with E-state index in [9.17, 15) is 0 Å². The van der Waals surface area contributed by atoms with Crippen molar-refractivity contribution >= 4 is 0 Å². The van der Waals surface area contributed by atoms with Crippen molar-refractivity contribution in [3.8, 4) is 0 Å². The van der Waals surface area contributed by atoms with E-state index in [-0.39, 0.29) is 6.04 Å². The maximum atomic E-state index is 5.78. The van der Waals surface area contributed by atoms with Crippen molar-refractivity contribution in [3.63, 3.8) is 0 Å². The van der Waals surface area contributed by atoms with Crippen LogP contribution in [0.4, 0.5) is 0 Å². The van der Waals surface area contributed by atoms with Gasteiger partial charge in [-0.2, -0.15) is 0 Å². The lowest BCUT2D eigenvalue weighted by Gasteiger charge is -2.06. The molecule has 3 heteroatoms. The summed E-state index contributed by atoms with van der Waals surface area (Å²) in [6.07, 6.45) is 3.52. The molecule has 2 N–H and O–H groups in total. The van der Waals surface area contributed by atoms with Crippen LogP contribution in [0, 0.1) is 6.92 Å². The van der Waals surface area contributed by atoms with Gasteiger partial charge < -0.3 is 5.73 Å². The summed E-state index contributed by atoms with van der Waals surface area (Å²) in [5.41, 5.74) is 6.78. The molecule has 3 nitrogen and oxygen atoms in total. The highest BCUT2D eigenvalue weighted by Crippen LogP contribution is 1.98. The predicted octanol–water partition coefficient (Wildman–Crippen LogP) is 1.06. The maximum Gasteiger partial charge on any atom is 0.130 e. The van der Waals surface area contributed by atoms with Crippen LogP contribution in [0.3, 0.4) is 0 Å². The van der Waals surface area contributed by atoms with Crippen molar-refractivity contribution in [1.82, 2.24) is 9.97 Å². The van der Waals surface area contributed by atoms with Gasteiger partial charge in [0.1, 0.15) is 5.82 Å². The van der Waals surface area contributed by atoms with Gasteiger partial charge in [-0.3, -0.25) is 0 Å². The van der Waals surface area contributed by atoms with E-state index in [1.165, 1.54) is 0 Å². The van der Waals surface area contributed by atoms with Gasteiger partial charge in [-0.1, -0.05) is 6.92 Å². The van der Waals surface area contributed by atoms with Crippen molar-refractivity contribution in [2.45, 2.75) is 32.7 Å². The molecular formula is C9H15N3. The lowest BCUT2D eigenvalue weighted by atomic mass is 10.1. The zero-order chi connectivity index (χ0) is 8.97. The first kappa shape index (κ1) is 9.13. The summed E-state index contributed by atoms with van der Waals surface area (Å²) >= 11 is 0. The normalized spacial score (nSPS) is 12.9. The predicted molar refractivity (Wildman–Crippen MR) is 48.7 cm³/mol. The molecule has 0 amide bonds. The van der Waals surface area contributed by atoms with Crippen molar-refractivity contribution < 1.29 is 0 Å². The number of nitrogens with two attached hydrogens (primary N) is 1. The molecule has 1 aromatic heterocycles. The maximum absolute atomic E-state index is 5.78. The van der Waals surface area contributed by atoms with Gasteiger partial charge in [0.15, 0.2) is 0 Å². The number of rotatable bonds is 3. The third-order valence-electron chi connectivity index (χ3n) is 1.81. The smallest absolute Gasteiger partial charge is 0.130 e. The van der Waals surface area contributed by atoms with Gasteiger partial charge >= 0.3 is 0 Å². The second-order valence-electron chi connectivity index (χ2n) is 2.99. The monoisotopic (exact) mass is 165 g/mol. The molecule has 0 spiro atoms. The molecular weight excluding hydrogens is 150 g/mol. The Morgan fingerprint density at radius 1 is 1.58 bits per heavy atom. The van der Waals surface area contributed by atoms with Crippen LogP contribution in [0.15, 0.2) is 12.3 Å². The van der Waals surface area contributed by atoms with Crippen LogP contribution in [0.2, 0.25) is 0 Å². The molecule has 12 heavy (non-hydrogen) atoms. The summed E-state index contributed by atoms with van der Waals surface area (Å²) in [7, 11) is 0. The van der Waals surface area contributed by atoms with Crippen LogP contribution in [0.5, 0.6) is 0 Å². The third kappa shape index (κ3) is 2.58. The quantitative estimate of drug-likeness (QED) is 0.728. The van der Waals surface area contributed by atoms with Crippen molar-refractivity contribution in [1.29, 1.82) is 0 Å². The van der Waals surface area contributed by atoms with Gasteiger partial charge in [-0.15, -0.1) is 0 Å². The molecule has 0 aromatic carbocycles. The first-order valence-electron chi connectivity index (χ1n) is 4.26. The highest BCUT2D eigenvalue weighted by molar-refractivity contribution is 5.00. The van der Waals surface area contributed by atoms with Gasteiger partial charge in [0.05, 0.1) is 0 Å². The Balaban J connectivity index is 2.63. The minimum absolute atomic E-state index is 0.187. The van der Waals surface area contributed by atoms with E-state index in [0.717, 1.165) is 24.4 Å². The Bertz CT molecular complexity index is 247. The van der Waals surface area contributed by atoms with Crippen LogP contribution in [-0.2, 0) is 6.42 Å². The summed E-state index contributed by atoms with van der Waals surface area (Å²) in [5, 5.41) is 0. The van der Waals surface area contributed by atoms with Crippen LogP contribution in [-0.4, -0.2) is 16.0 Å². The van der Waals surface area contributed by atoms with E-state index in [4.69, 9.17) is 5.73 Å². The number of hydrogen-bond acceptors (Lipinski definition) is 3. The Kier molecular flexibility index (Phi) is 3.17. The zero-order valence-corrected chi connectivity index (χ0v) is 7.62. The molecule has 0 aliphatic rings. The van der Waals surface area contributed by atoms with E-state index < -0.39 is 0 Å². The molecule has 66 valence electrons. The van der Waals surface area contributed by atoms with Crippen LogP contribution < -0.4 is 5.73 Å². The third-order valence-corrected chi connectivity index (χ3v) is 1.81. The van der Waals surface area contributed by atoms with Gasteiger partial charge in [0, 0.05) is 24.4 Å². The lowest BCUT2D eigenvalue weighted by molar-refractivity contribution is 0.623. The topological polar surface area (TPSA) is 51.8 Å². The van der Waals surface area contributed by atoms with Crippen molar-refractivity contribution in [2.24, 2.45) is 5.73 Å². The van der Waals surface area contributed by atoms with Gasteiger partial charge in [0.25, 0.3) is 0 Å². The number of nitrogens with zero attached hydrogens (tertiary/aromatic N) is 2. The molecule has 0 fully saturated rings. The van der Waals surface area contributed by atoms with Gasteiger partial charge in [0.2, 0.25) is 0 Å². The Labute approximate surface area is 73.0 Å². The molecule has 0 saturated heterocycles. The summed E-state index contributed by atoms with van der Waals surface area (Å²) in [4.78, 5) is 8.41. The second kappa shape index (κ2) is 4.16. The SMILES string of the molecule is CCC(N)Cc1nccc(C)n1. The summed E-state index contributed by atoms with van der Waals surface area (Å²) in [6, 6.07) is 2.08. The minimum atomic E-state index is 0.187. The first-order chi connectivity index (χ1) is 5.72. The Morgan fingerprint density at radius 2 is 2.33 bits per heavy atom. The average molecular weight is 165 g/mol. The van der Waals surface area contributed by atoms with Crippen LogP contribution in [0.1, 0.15) is 24.9 Å². The van der Waals surface area contributed by atoms with E-state index in [0.29, 0.717) is 0 Å². The fraction of sp³-hybridized carbons (Fsp3) is 0.556. The molecule has 1 atom stereocenters. The fourth-order valence-electron chi connectivity index (χ4n) is 0.978. The van der Waals surface area contributed by atoms with Gasteiger partial charge in [-0.05, 0) is 19.4 Å². The largest absolute Gasteiger partial charge is 0.327 e. The highest BCUT2D eigenvalue weighted by Gasteiger charge is 2.02. The van der Waals surface area contributed by atoms with E-state index >= 15 is 0 Å². The molecule has 0 saturated carbocycles. The standard InChI is InChI=1S/C9H15N3/c1-3-8(10)6-9-11-5-4-7(2)12-9/h4-5,8H,3,6,10H2,1-2H3. The molecule has 1 unspecified atom stereocenters. The number of aryl methyl sites for hydroxylation is 1.